The number of aryl methyl sites for hydroxylation is 1. The number of nitrogens with zero attached hydrogens (tertiary/aromatic N) is 2. The molecule has 1 aliphatic heterocycles. The zero-order chi connectivity index (χ0) is 16.1. The topological polar surface area (TPSA) is 39.7 Å². The fourth-order valence-electron chi connectivity index (χ4n) is 3.52. The van der Waals surface area contributed by atoms with Crippen molar-refractivity contribution >= 4 is 5.96 Å². The molecule has 0 amide bonds. The monoisotopic (exact) mass is 314 g/mol. The van der Waals surface area contributed by atoms with E-state index in [0.717, 1.165) is 37.4 Å². The van der Waals surface area contributed by atoms with Crippen molar-refractivity contribution < 1.29 is 0 Å². The summed E-state index contributed by atoms with van der Waals surface area (Å²) in [5.74, 6) is 1.68. The first-order chi connectivity index (χ1) is 11.3. The van der Waals surface area contributed by atoms with Crippen LogP contribution in [0.2, 0.25) is 0 Å². The van der Waals surface area contributed by atoms with Crippen LogP contribution in [0.25, 0.3) is 0 Å². The van der Waals surface area contributed by atoms with E-state index in [-0.39, 0.29) is 0 Å². The van der Waals surface area contributed by atoms with Crippen LogP contribution in [-0.4, -0.2) is 43.6 Å². The predicted octanol–water partition coefficient (Wildman–Crippen LogP) is 2.40. The van der Waals surface area contributed by atoms with Gasteiger partial charge in [-0.25, -0.2) is 0 Å². The molecule has 126 valence electrons. The number of aliphatic imine (C=N–C) groups is 1. The van der Waals surface area contributed by atoms with Crippen LogP contribution < -0.4 is 10.6 Å². The van der Waals surface area contributed by atoms with Crippen LogP contribution in [0.5, 0.6) is 0 Å². The number of rotatable bonds is 6. The van der Waals surface area contributed by atoms with E-state index in [4.69, 9.17) is 0 Å². The quantitative estimate of drug-likeness (QED) is 0.626. The van der Waals surface area contributed by atoms with Gasteiger partial charge in [0.25, 0.3) is 0 Å². The number of benzene rings is 1. The van der Waals surface area contributed by atoms with Crippen molar-refractivity contribution in [2.45, 2.75) is 45.2 Å². The van der Waals surface area contributed by atoms with E-state index in [1.54, 1.807) is 0 Å². The lowest BCUT2D eigenvalue weighted by Gasteiger charge is -2.17. The smallest absolute Gasteiger partial charge is 0.191 e. The van der Waals surface area contributed by atoms with Crippen LogP contribution in [0.15, 0.2) is 29.3 Å². The lowest BCUT2D eigenvalue weighted by Crippen LogP contribution is -2.40. The molecule has 23 heavy (non-hydrogen) atoms. The normalized spacial score (nSPS) is 22.3. The Hall–Kier alpha value is -1.55. The first-order valence-corrected chi connectivity index (χ1v) is 9.05. The third-order valence-corrected chi connectivity index (χ3v) is 5.11. The van der Waals surface area contributed by atoms with Gasteiger partial charge in [0, 0.05) is 32.7 Å². The molecule has 1 atom stereocenters. The molecule has 1 heterocycles. The van der Waals surface area contributed by atoms with Crippen molar-refractivity contribution in [2.24, 2.45) is 10.9 Å². The van der Waals surface area contributed by atoms with Crippen LogP contribution in [-0.2, 0) is 13.0 Å². The van der Waals surface area contributed by atoms with E-state index >= 15 is 0 Å². The highest BCUT2D eigenvalue weighted by atomic mass is 15.2. The Morgan fingerprint density at radius 3 is 2.65 bits per heavy atom. The molecule has 1 aromatic carbocycles. The average Bonchev–Trinajstić information content (AvgIpc) is 3.34. The van der Waals surface area contributed by atoms with Gasteiger partial charge in [-0.1, -0.05) is 31.2 Å². The molecule has 0 bridgehead atoms. The fourth-order valence-corrected chi connectivity index (χ4v) is 3.52. The Morgan fingerprint density at radius 2 is 1.96 bits per heavy atom. The van der Waals surface area contributed by atoms with Gasteiger partial charge in [0.1, 0.15) is 0 Å². The highest BCUT2D eigenvalue weighted by Crippen LogP contribution is 2.31. The maximum absolute atomic E-state index is 4.37. The van der Waals surface area contributed by atoms with Crippen molar-refractivity contribution in [3.8, 4) is 0 Å². The molecular weight excluding hydrogens is 284 g/mol. The number of likely N-dealkylation sites (tertiary alicyclic amines) is 1. The molecule has 2 N–H and O–H groups in total. The number of nitrogens with one attached hydrogen (secondary N) is 2. The summed E-state index contributed by atoms with van der Waals surface area (Å²) in [5, 5.41) is 6.97. The van der Waals surface area contributed by atoms with Gasteiger partial charge in [-0.2, -0.15) is 0 Å². The summed E-state index contributed by atoms with van der Waals surface area (Å²) in [6, 6.07) is 9.53. The summed E-state index contributed by atoms with van der Waals surface area (Å²) in [6.07, 6.45) is 5.22. The first-order valence-electron chi connectivity index (χ1n) is 9.05. The molecule has 1 aliphatic carbocycles. The standard InChI is InChI=1S/C19H30N4/c1-3-16-6-4-5-7-17(16)13-22-19(20-2)21-12-15-10-11-23(14-15)18-8-9-18/h4-7,15,18H,3,8-14H2,1-2H3,(H2,20,21,22). The van der Waals surface area contributed by atoms with Crippen LogP contribution in [0.3, 0.4) is 0 Å². The zero-order valence-electron chi connectivity index (χ0n) is 14.5. The zero-order valence-corrected chi connectivity index (χ0v) is 14.5. The molecule has 4 heteroatoms. The van der Waals surface area contributed by atoms with Gasteiger partial charge in [0.05, 0.1) is 0 Å². The molecule has 2 fully saturated rings. The fraction of sp³-hybridized carbons (Fsp3) is 0.632. The van der Waals surface area contributed by atoms with Gasteiger partial charge in [0.15, 0.2) is 5.96 Å². The number of hydrogen-bond donors (Lipinski definition) is 2. The second-order valence-electron chi connectivity index (χ2n) is 6.81. The molecule has 0 spiro atoms. The minimum absolute atomic E-state index is 0.761. The third-order valence-electron chi connectivity index (χ3n) is 5.11. The van der Waals surface area contributed by atoms with Gasteiger partial charge in [-0.15, -0.1) is 0 Å². The van der Waals surface area contributed by atoms with Crippen LogP contribution in [0.1, 0.15) is 37.3 Å². The summed E-state index contributed by atoms with van der Waals surface area (Å²) in [7, 11) is 1.85. The Labute approximate surface area is 140 Å². The van der Waals surface area contributed by atoms with Crippen molar-refractivity contribution in [1.29, 1.82) is 0 Å². The van der Waals surface area contributed by atoms with Gasteiger partial charge >= 0.3 is 0 Å². The highest BCUT2D eigenvalue weighted by Gasteiger charge is 2.34. The second-order valence-corrected chi connectivity index (χ2v) is 6.81. The number of guanidine groups is 1. The van der Waals surface area contributed by atoms with Gasteiger partial charge in [-0.3, -0.25) is 4.99 Å². The highest BCUT2D eigenvalue weighted by molar-refractivity contribution is 5.79. The van der Waals surface area contributed by atoms with Gasteiger partial charge in [0.2, 0.25) is 0 Å². The van der Waals surface area contributed by atoms with E-state index in [1.165, 1.54) is 43.5 Å². The molecule has 2 aliphatic rings. The molecular formula is C19H30N4. The Bertz CT molecular complexity index is 536. The maximum atomic E-state index is 4.37. The average molecular weight is 314 g/mol. The van der Waals surface area contributed by atoms with Crippen molar-refractivity contribution in [3.63, 3.8) is 0 Å². The number of hydrogen-bond acceptors (Lipinski definition) is 2. The Kier molecular flexibility index (Phi) is 5.55. The summed E-state index contributed by atoms with van der Waals surface area (Å²) >= 11 is 0. The summed E-state index contributed by atoms with van der Waals surface area (Å²) in [4.78, 5) is 7.03. The Balaban J connectivity index is 1.43. The molecule has 0 aromatic heterocycles. The molecule has 0 radical (unpaired) electrons. The third kappa shape index (κ3) is 4.47. The van der Waals surface area contributed by atoms with E-state index in [1.807, 2.05) is 7.05 Å². The van der Waals surface area contributed by atoms with Crippen molar-refractivity contribution in [1.82, 2.24) is 15.5 Å². The van der Waals surface area contributed by atoms with E-state index < -0.39 is 0 Å². The first kappa shape index (κ1) is 16.3. The van der Waals surface area contributed by atoms with E-state index in [2.05, 4.69) is 51.7 Å². The SMILES string of the molecule is CCc1ccccc1CNC(=NC)NCC1CCN(C2CC2)C1. The lowest BCUT2D eigenvalue weighted by molar-refractivity contribution is 0.314. The minimum Gasteiger partial charge on any atom is -0.356 e. The summed E-state index contributed by atoms with van der Waals surface area (Å²) in [6.45, 7) is 6.61. The van der Waals surface area contributed by atoms with Crippen molar-refractivity contribution in [2.75, 3.05) is 26.7 Å². The molecule has 1 aromatic rings. The lowest BCUT2D eigenvalue weighted by atomic mass is 10.1. The van der Waals surface area contributed by atoms with E-state index in [0.29, 0.717) is 0 Å². The van der Waals surface area contributed by atoms with Crippen LogP contribution in [0, 0.1) is 5.92 Å². The maximum Gasteiger partial charge on any atom is 0.191 e. The van der Waals surface area contributed by atoms with Crippen molar-refractivity contribution in [3.05, 3.63) is 35.4 Å². The van der Waals surface area contributed by atoms with Gasteiger partial charge < -0.3 is 15.5 Å². The largest absolute Gasteiger partial charge is 0.356 e. The Morgan fingerprint density at radius 1 is 1.17 bits per heavy atom. The van der Waals surface area contributed by atoms with Gasteiger partial charge in [-0.05, 0) is 49.3 Å². The van der Waals surface area contributed by atoms with E-state index in [9.17, 15) is 0 Å². The molecule has 3 rings (SSSR count). The van der Waals surface area contributed by atoms with Crippen LogP contribution in [0.4, 0.5) is 0 Å². The molecule has 1 unspecified atom stereocenters. The molecule has 1 saturated carbocycles. The summed E-state index contributed by atoms with van der Waals surface area (Å²) in [5.41, 5.74) is 2.77. The summed E-state index contributed by atoms with van der Waals surface area (Å²) < 4.78 is 0. The minimum atomic E-state index is 0.761. The molecule has 1 saturated heterocycles. The second kappa shape index (κ2) is 7.82. The van der Waals surface area contributed by atoms with Crippen LogP contribution >= 0.6 is 0 Å². The predicted molar refractivity (Wildman–Crippen MR) is 96.7 cm³/mol. The molecule has 4 nitrogen and oxygen atoms in total.